The van der Waals surface area contributed by atoms with Crippen LogP contribution in [0, 0.1) is 5.92 Å². The largest absolute Gasteiger partial charge is 0.453 e. The molecule has 116 valence electrons. The fourth-order valence-corrected chi connectivity index (χ4v) is 2.63. The van der Waals surface area contributed by atoms with Gasteiger partial charge in [0.2, 0.25) is 0 Å². The lowest BCUT2D eigenvalue weighted by Gasteiger charge is -2.37. The standard InChI is InChI=1S/C14H26N2O4/c1-4-6-7-11-8-12(15-13(17)20-5-2)10-16(9-11)14(18)19-3/h11-12H,4-10H2,1-3H3,(H,15,17). The number of hydrogen-bond acceptors (Lipinski definition) is 4. The summed E-state index contributed by atoms with van der Waals surface area (Å²) in [5.41, 5.74) is 0. The number of hydrogen-bond donors (Lipinski definition) is 1. The molecule has 1 aliphatic heterocycles. The van der Waals surface area contributed by atoms with Gasteiger partial charge in [0.1, 0.15) is 0 Å². The Bertz CT molecular complexity index is 322. The molecule has 20 heavy (non-hydrogen) atoms. The Labute approximate surface area is 120 Å². The molecule has 0 aliphatic carbocycles. The molecule has 1 heterocycles. The van der Waals surface area contributed by atoms with Crippen molar-refractivity contribution in [1.29, 1.82) is 0 Å². The molecule has 0 aromatic heterocycles. The summed E-state index contributed by atoms with van der Waals surface area (Å²) in [5, 5.41) is 2.82. The zero-order valence-electron chi connectivity index (χ0n) is 12.7. The molecule has 0 radical (unpaired) electrons. The molecular weight excluding hydrogens is 260 g/mol. The first-order chi connectivity index (χ1) is 9.60. The summed E-state index contributed by atoms with van der Waals surface area (Å²) in [6.45, 7) is 5.45. The zero-order valence-corrected chi connectivity index (χ0v) is 12.7. The van der Waals surface area contributed by atoms with Crippen LogP contribution >= 0.6 is 0 Å². The molecule has 1 aliphatic rings. The van der Waals surface area contributed by atoms with Crippen LogP contribution in [0.25, 0.3) is 0 Å². The molecule has 0 aromatic carbocycles. The molecule has 1 fully saturated rings. The van der Waals surface area contributed by atoms with Gasteiger partial charge in [-0.15, -0.1) is 0 Å². The van der Waals surface area contributed by atoms with E-state index < -0.39 is 6.09 Å². The van der Waals surface area contributed by atoms with Crippen LogP contribution in [0.15, 0.2) is 0 Å². The van der Waals surface area contributed by atoms with E-state index in [0.29, 0.717) is 25.6 Å². The van der Waals surface area contributed by atoms with Gasteiger partial charge < -0.3 is 19.7 Å². The topological polar surface area (TPSA) is 67.9 Å². The lowest BCUT2D eigenvalue weighted by molar-refractivity contribution is 0.0845. The highest BCUT2D eigenvalue weighted by Gasteiger charge is 2.31. The highest BCUT2D eigenvalue weighted by Crippen LogP contribution is 2.22. The van der Waals surface area contributed by atoms with Gasteiger partial charge in [0.05, 0.1) is 19.8 Å². The lowest BCUT2D eigenvalue weighted by atomic mass is 9.90. The molecule has 0 aromatic rings. The first kappa shape index (κ1) is 16.6. The minimum Gasteiger partial charge on any atom is -0.453 e. The van der Waals surface area contributed by atoms with Crippen molar-refractivity contribution >= 4 is 12.2 Å². The second kappa shape index (κ2) is 8.66. The Hall–Kier alpha value is -1.46. The highest BCUT2D eigenvalue weighted by molar-refractivity contribution is 5.69. The summed E-state index contributed by atoms with van der Waals surface area (Å²) in [4.78, 5) is 24.9. The van der Waals surface area contributed by atoms with E-state index in [9.17, 15) is 9.59 Å². The van der Waals surface area contributed by atoms with Crippen LogP contribution in [-0.4, -0.2) is 49.9 Å². The van der Waals surface area contributed by atoms with E-state index in [1.165, 1.54) is 7.11 Å². The van der Waals surface area contributed by atoms with E-state index in [2.05, 4.69) is 12.2 Å². The minimum absolute atomic E-state index is 0.0660. The SMILES string of the molecule is CCCCC1CC(NC(=O)OCC)CN(C(=O)OC)C1. The lowest BCUT2D eigenvalue weighted by Crippen LogP contribution is -2.52. The van der Waals surface area contributed by atoms with Crippen molar-refractivity contribution in [3.05, 3.63) is 0 Å². The van der Waals surface area contributed by atoms with Crippen LogP contribution in [0.3, 0.4) is 0 Å². The van der Waals surface area contributed by atoms with Gasteiger partial charge in [-0.3, -0.25) is 0 Å². The van der Waals surface area contributed by atoms with Crippen LogP contribution in [0.1, 0.15) is 39.5 Å². The first-order valence-electron chi connectivity index (χ1n) is 7.36. The quantitative estimate of drug-likeness (QED) is 0.842. The zero-order chi connectivity index (χ0) is 15.0. The molecule has 6 heteroatoms. The van der Waals surface area contributed by atoms with Crippen molar-refractivity contribution in [3.8, 4) is 0 Å². The average Bonchev–Trinajstić information content (AvgIpc) is 2.44. The van der Waals surface area contributed by atoms with E-state index in [4.69, 9.17) is 9.47 Å². The third kappa shape index (κ3) is 5.27. The number of piperidine rings is 1. The Kier molecular flexibility index (Phi) is 7.18. The van der Waals surface area contributed by atoms with Crippen molar-refractivity contribution in [3.63, 3.8) is 0 Å². The van der Waals surface area contributed by atoms with Crippen LogP contribution < -0.4 is 5.32 Å². The van der Waals surface area contributed by atoms with Crippen LogP contribution in [0.2, 0.25) is 0 Å². The van der Waals surface area contributed by atoms with Gasteiger partial charge in [0.15, 0.2) is 0 Å². The average molecular weight is 286 g/mol. The monoisotopic (exact) mass is 286 g/mol. The predicted octanol–water partition coefficient (Wildman–Crippen LogP) is 2.38. The van der Waals surface area contributed by atoms with Crippen molar-refractivity contribution in [2.75, 3.05) is 26.8 Å². The Morgan fingerprint density at radius 2 is 2.05 bits per heavy atom. The summed E-state index contributed by atoms with van der Waals surface area (Å²) in [7, 11) is 1.38. The van der Waals surface area contributed by atoms with Gasteiger partial charge in [-0.05, 0) is 25.7 Å². The number of rotatable bonds is 5. The van der Waals surface area contributed by atoms with Gasteiger partial charge in [-0.25, -0.2) is 9.59 Å². The molecule has 2 unspecified atom stereocenters. The maximum atomic E-state index is 11.7. The van der Waals surface area contributed by atoms with Crippen LogP contribution in [0.4, 0.5) is 9.59 Å². The number of unbranched alkanes of at least 4 members (excludes halogenated alkanes) is 1. The highest BCUT2D eigenvalue weighted by atomic mass is 16.5. The Balaban J connectivity index is 2.58. The van der Waals surface area contributed by atoms with E-state index >= 15 is 0 Å². The third-order valence-electron chi connectivity index (χ3n) is 3.53. The van der Waals surface area contributed by atoms with Gasteiger partial charge >= 0.3 is 12.2 Å². The maximum absolute atomic E-state index is 11.7. The Morgan fingerprint density at radius 1 is 1.30 bits per heavy atom. The number of alkyl carbamates (subject to hydrolysis) is 1. The fourth-order valence-electron chi connectivity index (χ4n) is 2.63. The second-order valence-electron chi connectivity index (χ2n) is 5.18. The van der Waals surface area contributed by atoms with Gasteiger partial charge in [0.25, 0.3) is 0 Å². The number of carbonyl (C=O) groups is 2. The van der Waals surface area contributed by atoms with E-state index in [-0.39, 0.29) is 12.1 Å². The summed E-state index contributed by atoms with van der Waals surface area (Å²) >= 11 is 0. The summed E-state index contributed by atoms with van der Waals surface area (Å²) in [6.07, 6.45) is 3.45. The predicted molar refractivity (Wildman–Crippen MR) is 75.6 cm³/mol. The number of nitrogens with one attached hydrogen (secondary N) is 1. The van der Waals surface area contributed by atoms with E-state index in [0.717, 1.165) is 25.7 Å². The summed E-state index contributed by atoms with van der Waals surface area (Å²) < 4.78 is 9.68. The molecule has 0 bridgehead atoms. The van der Waals surface area contributed by atoms with E-state index in [1.54, 1.807) is 11.8 Å². The van der Waals surface area contributed by atoms with Gasteiger partial charge in [-0.2, -0.15) is 0 Å². The van der Waals surface area contributed by atoms with Crippen LogP contribution in [-0.2, 0) is 9.47 Å². The van der Waals surface area contributed by atoms with E-state index in [1.807, 2.05) is 0 Å². The fraction of sp³-hybridized carbons (Fsp3) is 0.857. The maximum Gasteiger partial charge on any atom is 0.409 e. The number of methoxy groups -OCH3 is 1. The Morgan fingerprint density at radius 3 is 2.65 bits per heavy atom. The molecule has 1 N–H and O–H groups in total. The molecule has 1 rings (SSSR count). The number of carbonyl (C=O) groups excluding carboxylic acids is 2. The molecule has 2 amide bonds. The van der Waals surface area contributed by atoms with Gasteiger partial charge in [-0.1, -0.05) is 19.8 Å². The molecule has 2 atom stereocenters. The molecule has 0 spiro atoms. The number of nitrogens with zero attached hydrogens (tertiary/aromatic N) is 1. The van der Waals surface area contributed by atoms with Crippen molar-refractivity contribution in [1.82, 2.24) is 10.2 Å². The second-order valence-corrected chi connectivity index (χ2v) is 5.18. The van der Waals surface area contributed by atoms with Crippen molar-refractivity contribution < 1.29 is 19.1 Å². The summed E-state index contributed by atoms with van der Waals surface area (Å²) in [6, 6.07) is -0.0660. The van der Waals surface area contributed by atoms with Crippen molar-refractivity contribution in [2.24, 2.45) is 5.92 Å². The number of likely N-dealkylation sites (tertiary alicyclic amines) is 1. The smallest absolute Gasteiger partial charge is 0.409 e. The normalized spacial score (nSPS) is 22.2. The molecule has 0 saturated carbocycles. The third-order valence-corrected chi connectivity index (χ3v) is 3.53. The molecule has 6 nitrogen and oxygen atoms in total. The van der Waals surface area contributed by atoms with Crippen molar-refractivity contribution in [2.45, 2.75) is 45.6 Å². The summed E-state index contributed by atoms with van der Waals surface area (Å²) in [5.74, 6) is 0.398. The molecule has 1 saturated heterocycles. The molecular formula is C14H26N2O4. The number of amides is 2. The number of ether oxygens (including phenoxy) is 2. The minimum atomic E-state index is -0.418. The van der Waals surface area contributed by atoms with Gasteiger partial charge in [0, 0.05) is 13.1 Å². The first-order valence-corrected chi connectivity index (χ1v) is 7.36. The van der Waals surface area contributed by atoms with Crippen LogP contribution in [0.5, 0.6) is 0 Å².